The minimum absolute atomic E-state index is 0.486. The Morgan fingerprint density at radius 1 is 1.54 bits per heavy atom. The summed E-state index contributed by atoms with van der Waals surface area (Å²) in [5, 5.41) is 5.61. The predicted molar refractivity (Wildman–Crippen MR) is 59.3 cm³/mol. The second-order valence-corrected chi connectivity index (χ2v) is 4.47. The van der Waals surface area contributed by atoms with Crippen LogP contribution in [-0.2, 0) is 0 Å². The average molecular weight is 198 g/mol. The Kier molecular flexibility index (Phi) is 4.42. The first kappa shape index (κ1) is 10.7. The second-order valence-electron chi connectivity index (χ2n) is 3.49. The molecule has 2 nitrogen and oxygen atoms in total. The van der Waals surface area contributed by atoms with E-state index in [0.29, 0.717) is 6.04 Å². The zero-order valence-electron chi connectivity index (χ0n) is 8.58. The van der Waals surface area contributed by atoms with Gasteiger partial charge in [0.1, 0.15) is 0 Å². The van der Waals surface area contributed by atoms with E-state index in [4.69, 9.17) is 0 Å². The maximum Gasteiger partial charge on any atom is 0.0386 e. The van der Waals surface area contributed by atoms with Crippen LogP contribution >= 0.6 is 11.3 Å². The molecule has 0 aliphatic carbocycles. The van der Waals surface area contributed by atoms with Crippen molar-refractivity contribution in [1.29, 1.82) is 0 Å². The molecule has 1 rings (SSSR count). The Morgan fingerprint density at radius 2 is 2.31 bits per heavy atom. The largest absolute Gasteiger partial charge is 0.308 e. The van der Waals surface area contributed by atoms with E-state index in [2.05, 4.69) is 48.7 Å². The number of rotatable bonds is 5. The first-order chi connectivity index (χ1) is 6.20. The molecule has 13 heavy (non-hydrogen) atoms. The molecular weight excluding hydrogens is 180 g/mol. The van der Waals surface area contributed by atoms with Crippen LogP contribution in [0.2, 0.25) is 0 Å². The second kappa shape index (κ2) is 5.37. The van der Waals surface area contributed by atoms with Crippen molar-refractivity contribution in [1.82, 2.24) is 10.2 Å². The first-order valence-corrected chi connectivity index (χ1v) is 5.49. The van der Waals surface area contributed by atoms with Crippen molar-refractivity contribution in [2.75, 3.05) is 27.2 Å². The van der Waals surface area contributed by atoms with Crippen molar-refractivity contribution in [3.63, 3.8) is 0 Å². The first-order valence-electron chi connectivity index (χ1n) is 4.61. The molecule has 1 heterocycles. The summed E-state index contributed by atoms with van der Waals surface area (Å²) in [7, 11) is 4.19. The van der Waals surface area contributed by atoms with Crippen LogP contribution in [0.5, 0.6) is 0 Å². The van der Waals surface area contributed by atoms with E-state index in [1.54, 1.807) is 0 Å². The van der Waals surface area contributed by atoms with Gasteiger partial charge in [0.25, 0.3) is 0 Å². The molecule has 0 spiro atoms. The molecule has 0 unspecified atom stereocenters. The van der Waals surface area contributed by atoms with Crippen LogP contribution < -0.4 is 5.32 Å². The van der Waals surface area contributed by atoms with Crippen LogP contribution in [0.1, 0.15) is 17.8 Å². The highest BCUT2D eigenvalue weighted by molar-refractivity contribution is 7.10. The summed E-state index contributed by atoms with van der Waals surface area (Å²) in [5.41, 5.74) is 0. The van der Waals surface area contributed by atoms with Gasteiger partial charge in [-0.2, -0.15) is 0 Å². The number of hydrogen-bond donors (Lipinski definition) is 1. The molecule has 0 radical (unpaired) electrons. The molecule has 0 saturated carbocycles. The van der Waals surface area contributed by atoms with E-state index < -0.39 is 0 Å². The minimum atomic E-state index is 0.486. The van der Waals surface area contributed by atoms with E-state index in [1.807, 2.05) is 11.3 Å². The van der Waals surface area contributed by atoms with Gasteiger partial charge in [-0.15, -0.1) is 11.3 Å². The van der Waals surface area contributed by atoms with Crippen molar-refractivity contribution in [3.05, 3.63) is 22.4 Å². The van der Waals surface area contributed by atoms with Gasteiger partial charge < -0.3 is 10.2 Å². The molecule has 0 bridgehead atoms. The van der Waals surface area contributed by atoms with Gasteiger partial charge in [0.05, 0.1) is 0 Å². The maximum atomic E-state index is 3.49. The summed E-state index contributed by atoms with van der Waals surface area (Å²) in [6.07, 6.45) is 0. The van der Waals surface area contributed by atoms with Gasteiger partial charge >= 0.3 is 0 Å². The highest BCUT2D eigenvalue weighted by atomic mass is 32.1. The van der Waals surface area contributed by atoms with Gasteiger partial charge in [-0.3, -0.25) is 0 Å². The standard InChI is InChI=1S/C10H18N2S/c1-9(10-5-4-8-13-10)11-6-7-12(2)3/h4-5,8-9,11H,6-7H2,1-3H3/t9-/m0/s1. The third-order valence-corrected chi connectivity index (χ3v) is 3.03. The smallest absolute Gasteiger partial charge is 0.0386 e. The highest BCUT2D eigenvalue weighted by Crippen LogP contribution is 2.17. The summed E-state index contributed by atoms with van der Waals surface area (Å²) in [6.45, 7) is 4.35. The minimum Gasteiger partial charge on any atom is -0.308 e. The SMILES string of the molecule is C[C@H](NCCN(C)C)c1cccs1. The lowest BCUT2D eigenvalue weighted by atomic mass is 10.3. The van der Waals surface area contributed by atoms with Crippen LogP contribution in [0.4, 0.5) is 0 Å². The summed E-state index contributed by atoms with van der Waals surface area (Å²) in [5.74, 6) is 0. The fraction of sp³-hybridized carbons (Fsp3) is 0.600. The lowest BCUT2D eigenvalue weighted by Crippen LogP contribution is -2.28. The Hall–Kier alpha value is -0.380. The lowest BCUT2D eigenvalue weighted by Gasteiger charge is -2.14. The van der Waals surface area contributed by atoms with Gasteiger partial charge in [0.2, 0.25) is 0 Å². The van der Waals surface area contributed by atoms with Gasteiger partial charge in [-0.25, -0.2) is 0 Å². The van der Waals surface area contributed by atoms with Gasteiger partial charge in [0.15, 0.2) is 0 Å². The highest BCUT2D eigenvalue weighted by Gasteiger charge is 2.04. The Bertz CT molecular complexity index is 219. The van der Waals surface area contributed by atoms with Gasteiger partial charge in [-0.05, 0) is 32.5 Å². The van der Waals surface area contributed by atoms with Gasteiger partial charge in [0, 0.05) is 24.0 Å². The van der Waals surface area contributed by atoms with E-state index in [0.717, 1.165) is 13.1 Å². The fourth-order valence-corrected chi connectivity index (χ4v) is 1.90. The summed E-state index contributed by atoms with van der Waals surface area (Å²) >= 11 is 1.81. The van der Waals surface area contributed by atoms with Crippen molar-refractivity contribution in [2.24, 2.45) is 0 Å². The molecule has 0 fully saturated rings. The molecule has 0 aliphatic heterocycles. The van der Waals surface area contributed by atoms with Crippen LogP contribution in [-0.4, -0.2) is 32.1 Å². The zero-order valence-corrected chi connectivity index (χ0v) is 9.40. The molecule has 3 heteroatoms. The van der Waals surface area contributed by atoms with E-state index in [-0.39, 0.29) is 0 Å². The van der Waals surface area contributed by atoms with Crippen LogP contribution in [0.25, 0.3) is 0 Å². The molecule has 0 aromatic carbocycles. The maximum absolute atomic E-state index is 3.49. The third kappa shape index (κ3) is 3.89. The van der Waals surface area contributed by atoms with Crippen molar-refractivity contribution < 1.29 is 0 Å². The summed E-state index contributed by atoms with van der Waals surface area (Å²) in [4.78, 5) is 3.60. The number of thiophene rings is 1. The molecule has 1 N–H and O–H groups in total. The van der Waals surface area contributed by atoms with Crippen LogP contribution in [0.3, 0.4) is 0 Å². The molecule has 0 amide bonds. The Morgan fingerprint density at radius 3 is 2.85 bits per heavy atom. The average Bonchev–Trinajstić information content (AvgIpc) is 2.55. The summed E-state index contributed by atoms with van der Waals surface area (Å²) < 4.78 is 0. The molecule has 1 atom stereocenters. The Balaban J connectivity index is 2.22. The topological polar surface area (TPSA) is 15.3 Å². The van der Waals surface area contributed by atoms with Crippen molar-refractivity contribution >= 4 is 11.3 Å². The number of nitrogens with zero attached hydrogens (tertiary/aromatic N) is 1. The monoisotopic (exact) mass is 198 g/mol. The molecule has 1 aromatic heterocycles. The molecule has 0 aliphatic rings. The lowest BCUT2D eigenvalue weighted by molar-refractivity contribution is 0.390. The normalized spacial score (nSPS) is 13.5. The van der Waals surface area contributed by atoms with Crippen molar-refractivity contribution in [2.45, 2.75) is 13.0 Å². The molecular formula is C10H18N2S. The van der Waals surface area contributed by atoms with Crippen LogP contribution in [0.15, 0.2) is 17.5 Å². The van der Waals surface area contributed by atoms with Crippen LogP contribution in [0, 0.1) is 0 Å². The zero-order chi connectivity index (χ0) is 9.68. The fourth-order valence-electron chi connectivity index (χ4n) is 1.14. The van der Waals surface area contributed by atoms with E-state index in [9.17, 15) is 0 Å². The molecule has 74 valence electrons. The van der Waals surface area contributed by atoms with E-state index >= 15 is 0 Å². The number of nitrogens with one attached hydrogen (secondary N) is 1. The quantitative estimate of drug-likeness (QED) is 0.778. The molecule has 0 saturated heterocycles. The number of hydrogen-bond acceptors (Lipinski definition) is 3. The Labute approximate surface area is 84.6 Å². The third-order valence-electron chi connectivity index (χ3n) is 1.98. The predicted octanol–water partition coefficient (Wildman–Crippen LogP) is 1.96. The van der Waals surface area contributed by atoms with E-state index in [1.165, 1.54) is 4.88 Å². The summed E-state index contributed by atoms with van der Waals surface area (Å²) in [6, 6.07) is 4.77. The number of likely N-dealkylation sites (N-methyl/N-ethyl adjacent to an activating group) is 1. The molecule has 1 aromatic rings. The van der Waals surface area contributed by atoms with Crippen molar-refractivity contribution in [3.8, 4) is 0 Å². The van der Waals surface area contributed by atoms with Gasteiger partial charge in [-0.1, -0.05) is 6.07 Å².